The average molecular weight is 511 g/mol. The molecule has 2 heterocycles. The minimum Gasteiger partial charge on any atom is -0.504 e. The standard InChI is InChI=1S/C27H30N2O6S/c1-19-5-3-7-23(15-19)36(31,32)29(22-9-10-24-26(16-22)35-18-34-24)21-11-13-28(14-12-21)17-20-6-4-8-25(33-2)27(20)30/h3-10,15-16,21,30H,11-14,17-18H2,1-2H3. The number of rotatable bonds is 7. The van der Waals surface area contributed by atoms with Crippen molar-refractivity contribution in [3.63, 3.8) is 0 Å². The van der Waals surface area contributed by atoms with E-state index in [4.69, 9.17) is 14.2 Å². The lowest BCUT2D eigenvalue weighted by atomic mass is 10.0. The summed E-state index contributed by atoms with van der Waals surface area (Å²) >= 11 is 0. The number of anilines is 1. The van der Waals surface area contributed by atoms with Gasteiger partial charge in [0.1, 0.15) is 0 Å². The summed E-state index contributed by atoms with van der Waals surface area (Å²) in [6.07, 6.45) is 1.29. The Morgan fingerprint density at radius 1 is 1.03 bits per heavy atom. The molecule has 1 N–H and O–H groups in total. The number of sulfonamides is 1. The normalized spacial score (nSPS) is 16.2. The molecule has 0 aromatic heterocycles. The molecule has 9 heteroatoms. The van der Waals surface area contributed by atoms with E-state index in [0.29, 0.717) is 55.4 Å². The zero-order chi connectivity index (χ0) is 25.3. The first-order valence-corrected chi connectivity index (χ1v) is 13.4. The second-order valence-electron chi connectivity index (χ2n) is 9.13. The Morgan fingerprint density at radius 3 is 2.53 bits per heavy atom. The van der Waals surface area contributed by atoms with Gasteiger partial charge in [0.15, 0.2) is 23.0 Å². The number of benzene rings is 3. The van der Waals surface area contributed by atoms with Gasteiger partial charge in [-0.15, -0.1) is 0 Å². The van der Waals surface area contributed by atoms with Gasteiger partial charge < -0.3 is 19.3 Å². The highest BCUT2D eigenvalue weighted by Gasteiger charge is 2.35. The topological polar surface area (TPSA) is 88.5 Å². The van der Waals surface area contributed by atoms with E-state index < -0.39 is 10.0 Å². The molecule has 2 aliphatic rings. The van der Waals surface area contributed by atoms with Crippen LogP contribution in [0.15, 0.2) is 65.6 Å². The van der Waals surface area contributed by atoms with Crippen molar-refractivity contribution in [2.45, 2.75) is 37.2 Å². The minimum atomic E-state index is -3.82. The Morgan fingerprint density at radius 2 is 1.78 bits per heavy atom. The fraction of sp³-hybridized carbons (Fsp3) is 0.333. The van der Waals surface area contributed by atoms with E-state index in [9.17, 15) is 13.5 Å². The van der Waals surface area contributed by atoms with Crippen LogP contribution in [-0.2, 0) is 16.6 Å². The molecule has 0 amide bonds. The Balaban J connectivity index is 1.41. The maximum Gasteiger partial charge on any atom is 0.264 e. The number of hydrogen-bond donors (Lipinski definition) is 1. The van der Waals surface area contributed by atoms with E-state index in [2.05, 4.69) is 4.90 Å². The van der Waals surface area contributed by atoms with Crippen molar-refractivity contribution in [1.82, 2.24) is 4.90 Å². The number of para-hydroxylation sites is 1. The predicted molar refractivity (Wildman–Crippen MR) is 136 cm³/mol. The molecule has 0 atom stereocenters. The lowest BCUT2D eigenvalue weighted by Gasteiger charge is -2.39. The molecule has 0 radical (unpaired) electrons. The zero-order valence-electron chi connectivity index (χ0n) is 20.4. The minimum absolute atomic E-state index is 0.124. The molecule has 3 aromatic carbocycles. The molecule has 0 aliphatic carbocycles. The summed E-state index contributed by atoms with van der Waals surface area (Å²) < 4.78 is 45.7. The van der Waals surface area contributed by atoms with Crippen LogP contribution in [0.5, 0.6) is 23.0 Å². The van der Waals surface area contributed by atoms with Gasteiger partial charge in [-0.05, 0) is 55.7 Å². The van der Waals surface area contributed by atoms with Gasteiger partial charge in [0.05, 0.1) is 17.7 Å². The fourth-order valence-electron chi connectivity index (χ4n) is 4.87. The molecule has 3 aromatic rings. The number of phenols is 1. The highest BCUT2D eigenvalue weighted by Crippen LogP contribution is 2.39. The van der Waals surface area contributed by atoms with Crippen molar-refractivity contribution in [2.24, 2.45) is 0 Å². The number of methoxy groups -OCH3 is 1. The average Bonchev–Trinajstić information content (AvgIpc) is 3.34. The number of aromatic hydroxyl groups is 1. The first-order chi connectivity index (χ1) is 17.4. The number of fused-ring (bicyclic) bond motifs is 1. The largest absolute Gasteiger partial charge is 0.504 e. The van der Waals surface area contributed by atoms with E-state index >= 15 is 0 Å². The van der Waals surface area contributed by atoms with Crippen molar-refractivity contribution < 1.29 is 27.7 Å². The molecule has 8 nitrogen and oxygen atoms in total. The fourth-order valence-corrected chi connectivity index (χ4v) is 6.68. The molecule has 1 saturated heterocycles. The molecule has 0 unspecified atom stereocenters. The first kappa shape index (κ1) is 24.3. The van der Waals surface area contributed by atoms with Crippen molar-refractivity contribution in [2.75, 3.05) is 31.3 Å². The third-order valence-electron chi connectivity index (χ3n) is 6.74. The highest BCUT2D eigenvalue weighted by molar-refractivity contribution is 7.92. The lowest BCUT2D eigenvalue weighted by Crippen LogP contribution is -2.47. The summed E-state index contributed by atoms with van der Waals surface area (Å²) in [5, 5.41) is 10.5. The third kappa shape index (κ3) is 4.68. The molecular weight excluding hydrogens is 480 g/mol. The van der Waals surface area contributed by atoms with Gasteiger partial charge in [0, 0.05) is 37.3 Å². The Labute approximate surface area is 211 Å². The quantitative estimate of drug-likeness (QED) is 0.507. The molecule has 2 aliphatic heterocycles. The van der Waals surface area contributed by atoms with Crippen molar-refractivity contribution >= 4 is 15.7 Å². The van der Waals surface area contributed by atoms with Crippen LogP contribution in [-0.4, -0.2) is 51.5 Å². The van der Waals surface area contributed by atoms with Gasteiger partial charge in [-0.3, -0.25) is 9.21 Å². The number of aryl methyl sites for hydroxylation is 1. The summed E-state index contributed by atoms with van der Waals surface area (Å²) in [7, 11) is -2.29. The van der Waals surface area contributed by atoms with E-state index in [0.717, 1.165) is 11.1 Å². The van der Waals surface area contributed by atoms with Crippen molar-refractivity contribution in [1.29, 1.82) is 0 Å². The van der Waals surface area contributed by atoms with E-state index in [1.807, 2.05) is 25.1 Å². The second kappa shape index (κ2) is 9.91. The van der Waals surface area contributed by atoms with Gasteiger partial charge in [0.25, 0.3) is 10.0 Å². The summed E-state index contributed by atoms with van der Waals surface area (Å²) in [6, 6.07) is 17.5. The number of piperidine rings is 1. The van der Waals surface area contributed by atoms with E-state index in [-0.39, 0.29) is 23.5 Å². The third-order valence-corrected chi connectivity index (χ3v) is 8.62. The molecule has 0 saturated carbocycles. The Hall–Kier alpha value is -3.43. The van der Waals surface area contributed by atoms with Crippen LogP contribution < -0.4 is 18.5 Å². The maximum atomic E-state index is 14.0. The van der Waals surface area contributed by atoms with Crippen LogP contribution in [0.3, 0.4) is 0 Å². The van der Waals surface area contributed by atoms with Gasteiger partial charge in [-0.25, -0.2) is 8.42 Å². The molecule has 190 valence electrons. The molecule has 36 heavy (non-hydrogen) atoms. The van der Waals surface area contributed by atoms with Crippen molar-refractivity contribution in [3.05, 3.63) is 71.8 Å². The molecular formula is C27H30N2O6S. The van der Waals surface area contributed by atoms with Gasteiger partial charge in [-0.1, -0.05) is 24.3 Å². The number of nitrogens with zero attached hydrogens (tertiary/aromatic N) is 2. The number of hydrogen-bond acceptors (Lipinski definition) is 7. The number of phenolic OH excluding ortho intramolecular Hbond substituents is 1. The molecule has 0 bridgehead atoms. The molecule has 1 fully saturated rings. The smallest absolute Gasteiger partial charge is 0.264 e. The highest BCUT2D eigenvalue weighted by atomic mass is 32.2. The zero-order valence-corrected chi connectivity index (χ0v) is 21.2. The van der Waals surface area contributed by atoms with Gasteiger partial charge >= 0.3 is 0 Å². The second-order valence-corrected chi connectivity index (χ2v) is 10.9. The predicted octanol–water partition coefficient (Wildman–Crippen LogP) is 4.30. The van der Waals surface area contributed by atoms with Gasteiger partial charge in [0.2, 0.25) is 6.79 Å². The van der Waals surface area contributed by atoms with Crippen LogP contribution >= 0.6 is 0 Å². The van der Waals surface area contributed by atoms with Crippen molar-refractivity contribution in [3.8, 4) is 23.0 Å². The summed E-state index contributed by atoms with van der Waals surface area (Å²) in [5.41, 5.74) is 2.23. The Bertz CT molecular complexity index is 1350. The van der Waals surface area contributed by atoms with Crippen LogP contribution in [0.4, 0.5) is 5.69 Å². The number of ether oxygens (including phenoxy) is 3. The number of likely N-dealkylation sites (tertiary alicyclic amines) is 1. The summed E-state index contributed by atoms with van der Waals surface area (Å²) in [4.78, 5) is 2.49. The monoisotopic (exact) mass is 510 g/mol. The lowest BCUT2D eigenvalue weighted by molar-refractivity contribution is 0.174. The van der Waals surface area contributed by atoms with E-state index in [1.165, 1.54) is 7.11 Å². The van der Waals surface area contributed by atoms with Crippen LogP contribution in [0.1, 0.15) is 24.0 Å². The molecule has 5 rings (SSSR count). The van der Waals surface area contributed by atoms with Crippen LogP contribution in [0, 0.1) is 6.92 Å². The van der Waals surface area contributed by atoms with Gasteiger partial charge in [-0.2, -0.15) is 0 Å². The van der Waals surface area contributed by atoms with E-state index in [1.54, 1.807) is 46.8 Å². The SMILES string of the molecule is COc1cccc(CN2CCC(N(c3ccc4c(c3)OCO4)S(=O)(=O)c3cccc(C)c3)CC2)c1O. The molecule has 0 spiro atoms. The Kier molecular flexibility index (Phi) is 6.68. The van der Waals surface area contributed by atoms with Crippen LogP contribution in [0.25, 0.3) is 0 Å². The summed E-state index contributed by atoms with van der Waals surface area (Å²) in [5.74, 6) is 1.74. The summed E-state index contributed by atoms with van der Waals surface area (Å²) in [6.45, 7) is 3.94. The van der Waals surface area contributed by atoms with Crippen LogP contribution in [0.2, 0.25) is 0 Å². The first-order valence-electron chi connectivity index (χ1n) is 11.9. The maximum absolute atomic E-state index is 14.0.